The van der Waals surface area contributed by atoms with Crippen molar-refractivity contribution in [2.45, 2.75) is 50.5 Å². The summed E-state index contributed by atoms with van der Waals surface area (Å²) >= 11 is 5.80. The van der Waals surface area contributed by atoms with E-state index in [1.807, 2.05) is 0 Å². The van der Waals surface area contributed by atoms with Gasteiger partial charge in [-0.05, 0) is 37.5 Å². The van der Waals surface area contributed by atoms with Gasteiger partial charge in [-0.15, -0.1) is 0 Å². The molecule has 0 aliphatic carbocycles. The number of aliphatic hydroxyl groups is 2. The molecule has 0 bridgehead atoms. The Morgan fingerprint density at radius 1 is 1.39 bits per heavy atom. The molecule has 23 heavy (non-hydrogen) atoms. The lowest BCUT2D eigenvalue weighted by Gasteiger charge is -2.26. The minimum absolute atomic E-state index is 0.0452. The van der Waals surface area contributed by atoms with Crippen LogP contribution in [0.3, 0.4) is 0 Å². The maximum absolute atomic E-state index is 14.2. The van der Waals surface area contributed by atoms with Crippen LogP contribution in [0.25, 0.3) is 0 Å². The molecule has 2 saturated heterocycles. The molecule has 1 aromatic rings. The standard InChI is InChI=1S/C16H20ClFO5/c1-16(2)22-11-7-21-15(14(11)23-16)13(20)9-3-4-10(17)12(18)8(9)5-6-19/h3-4,11,13-15,19-20H,5-7H2,1-2H3. The highest BCUT2D eigenvalue weighted by Crippen LogP contribution is 2.40. The summed E-state index contributed by atoms with van der Waals surface area (Å²) in [5.41, 5.74) is 0.539. The van der Waals surface area contributed by atoms with Gasteiger partial charge in [-0.25, -0.2) is 4.39 Å². The Labute approximate surface area is 138 Å². The van der Waals surface area contributed by atoms with Crippen LogP contribution in [-0.2, 0) is 20.6 Å². The van der Waals surface area contributed by atoms with Crippen molar-refractivity contribution in [1.29, 1.82) is 0 Å². The molecule has 0 saturated carbocycles. The van der Waals surface area contributed by atoms with E-state index in [-0.39, 0.29) is 29.7 Å². The molecule has 2 aliphatic heterocycles. The van der Waals surface area contributed by atoms with E-state index in [4.69, 9.17) is 30.9 Å². The summed E-state index contributed by atoms with van der Waals surface area (Å²) in [6.07, 6.45) is -2.40. The fraction of sp³-hybridized carbons (Fsp3) is 0.625. The molecular weight excluding hydrogens is 327 g/mol. The largest absolute Gasteiger partial charge is 0.396 e. The predicted octanol–water partition coefficient (Wildman–Crippen LogP) is 1.97. The first-order valence-electron chi connectivity index (χ1n) is 7.57. The molecule has 4 unspecified atom stereocenters. The van der Waals surface area contributed by atoms with Gasteiger partial charge in [0.05, 0.1) is 11.6 Å². The number of halogens is 2. The average Bonchev–Trinajstić information content (AvgIpc) is 2.98. The molecule has 2 heterocycles. The van der Waals surface area contributed by atoms with Gasteiger partial charge in [0, 0.05) is 6.61 Å². The van der Waals surface area contributed by atoms with Crippen LogP contribution in [0.4, 0.5) is 4.39 Å². The number of hydrogen-bond acceptors (Lipinski definition) is 5. The van der Waals surface area contributed by atoms with Crippen LogP contribution < -0.4 is 0 Å². The van der Waals surface area contributed by atoms with E-state index >= 15 is 0 Å². The Morgan fingerprint density at radius 3 is 2.83 bits per heavy atom. The first-order valence-corrected chi connectivity index (χ1v) is 7.95. The summed E-state index contributed by atoms with van der Waals surface area (Å²) in [5.74, 6) is -1.37. The molecule has 0 radical (unpaired) electrons. The van der Waals surface area contributed by atoms with Crippen molar-refractivity contribution in [3.05, 3.63) is 34.1 Å². The van der Waals surface area contributed by atoms with Crippen molar-refractivity contribution >= 4 is 11.6 Å². The third kappa shape index (κ3) is 3.12. The molecule has 0 spiro atoms. The normalized spacial score (nSPS) is 30.4. The summed E-state index contributed by atoms with van der Waals surface area (Å²) in [5, 5.41) is 19.8. The Kier molecular flexibility index (Phi) is 4.66. The SMILES string of the molecule is CC1(C)OC2COC(C(O)c3ccc(Cl)c(F)c3CCO)C2O1. The van der Waals surface area contributed by atoms with Crippen LogP contribution in [0.1, 0.15) is 31.1 Å². The highest BCUT2D eigenvalue weighted by atomic mass is 35.5. The molecule has 7 heteroatoms. The van der Waals surface area contributed by atoms with Crippen molar-refractivity contribution in [2.24, 2.45) is 0 Å². The lowest BCUT2D eigenvalue weighted by Crippen LogP contribution is -2.34. The second-order valence-electron chi connectivity index (χ2n) is 6.28. The molecule has 128 valence electrons. The summed E-state index contributed by atoms with van der Waals surface area (Å²) in [6.45, 7) is 3.66. The van der Waals surface area contributed by atoms with E-state index in [1.54, 1.807) is 19.9 Å². The Morgan fingerprint density at radius 2 is 2.13 bits per heavy atom. The lowest BCUT2D eigenvalue weighted by atomic mass is 9.93. The second kappa shape index (κ2) is 6.27. The maximum atomic E-state index is 14.2. The average molecular weight is 347 g/mol. The zero-order valence-corrected chi connectivity index (χ0v) is 13.7. The highest BCUT2D eigenvalue weighted by molar-refractivity contribution is 6.30. The lowest BCUT2D eigenvalue weighted by molar-refractivity contribution is -0.184. The van der Waals surface area contributed by atoms with E-state index in [0.717, 1.165) is 0 Å². The van der Waals surface area contributed by atoms with Crippen molar-refractivity contribution in [3.8, 4) is 0 Å². The van der Waals surface area contributed by atoms with Gasteiger partial charge in [0.25, 0.3) is 0 Å². The molecule has 0 amide bonds. The fourth-order valence-corrected chi connectivity index (χ4v) is 3.45. The van der Waals surface area contributed by atoms with E-state index in [0.29, 0.717) is 12.2 Å². The van der Waals surface area contributed by atoms with Gasteiger partial charge in [-0.3, -0.25) is 0 Å². The Balaban J connectivity index is 1.89. The zero-order valence-electron chi connectivity index (χ0n) is 13.0. The van der Waals surface area contributed by atoms with Gasteiger partial charge < -0.3 is 24.4 Å². The summed E-state index contributed by atoms with van der Waals surface area (Å²) in [7, 11) is 0. The molecule has 3 rings (SSSR count). The van der Waals surface area contributed by atoms with Crippen molar-refractivity contribution in [1.82, 2.24) is 0 Å². The first kappa shape index (κ1) is 17.1. The highest BCUT2D eigenvalue weighted by Gasteiger charge is 2.52. The van der Waals surface area contributed by atoms with E-state index < -0.39 is 29.9 Å². The van der Waals surface area contributed by atoms with Gasteiger partial charge in [0.2, 0.25) is 0 Å². The van der Waals surface area contributed by atoms with E-state index in [9.17, 15) is 9.50 Å². The van der Waals surface area contributed by atoms with Crippen LogP contribution in [0, 0.1) is 5.82 Å². The van der Waals surface area contributed by atoms with Crippen LogP contribution in [0.2, 0.25) is 5.02 Å². The number of benzene rings is 1. The van der Waals surface area contributed by atoms with Gasteiger partial charge in [0.15, 0.2) is 5.79 Å². The van der Waals surface area contributed by atoms with Crippen LogP contribution in [0.15, 0.2) is 12.1 Å². The van der Waals surface area contributed by atoms with Gasteiger partial charge in [-0.2, -0.15) is 0 Å². The molecule has 2 N–H and O–H groups in total. The van der Waals surface area contributed by atoms with Crippen LogP contribution in [-0.4, -0.2) is 47.5 Å². The number of hydrogen-bond donors (Lipinski definition) is 2. The van der Waals surface area contributed by atoms with Crippen LogP contribution >= 0.6 is 11.6 Å². The Hall–Kier alpha value is -0.760. The molecule has 0 aromatic heterocycles. The molecule has 4 atom stereocenters. The minimum atomic E-state index is -1.10. The number of fused-ring (bicyclic) bond motifs is 1. The zero-order chi connectivity index (χ0) is 16.8. The third-order valence-corrected chi connectivity index (χ3v) is 4.51. The summed E-state index contributed by atoms with van der Waals surface area (Å²) in [6, 6.07) is 2.94. The summed E-state index contributed by atoms with van der Waals surface area (Å²) in [4.78, 5) is 0. The fourth-order valence-electron chi connectivity index (χ4n) is 3.27. The molecule has 2 fully saturated rings. The van der Waals surface area contributed by atoms with Crippen molar-refractivity contribution in [2.75, 3.05) is 13.2 Å². The Bertz CT molecular complexity index is 594. The molecule has 5 nitrogen and oxygen atoms in total. The van der Waals surface area contributed by atoms with Gasteiger partial charge in [0.1, 0.15) is 30.2 Å². The molecular formula is C16H20ClFO5. The maximum Gasteiger partial charge on any atom is 0.164 e. The summed E-state index contributed by atoms with van der Waals surface area (Å²) < 4.78 is 31.4. The molecule has 2 aliphatic rings. The minimum Gasteiger partial charge on any atom is -0.396 e. The topological polar surface area (TPSA) is 68.2 Å². The quantitative estimate of drug-likeness (QED) is 0.872. The second-order valence-corrected chi connectivity index (χ2v) is 6.69. The monoisotopic (exact) mass is 346 g/mol. The first-order chi connectivity index (χ1) is 10.8. The van der Waals surface area contributed by atoms with E-state index in [2.05, 4.69) is 0 Å². The van der Waals surface area contributed by atoms with Gasteiger partial charge >= 0.3 is 0 Å². The number of aliphatic hydroxyl groups excluding tert-OH is 2. The van der Waals surface area contributed by atoms with Crippen molar-refractivity contribution in [3.63, 3.8) is 0 Å². The van der Waals surface area contributed by atoms with Gasteiger partial charge in [-0.1, -0.05) is 17.7 Å². The molecule has 1 aromatic carbocycles. The smallest absolute Gasteiger partial charge is 0.164 e. The predicted molar refractivity (Wildman–Crippen MR) is 80.7 cm³/mol. The van der Waals surface area contributed by atoms with Crippen molar-refractivity contribution < 1.29 is 28.8 Å². The number of rotatable bonds is 4. The van der Waals surface area contributed by atoms with Crippen LogP contribution in [0.5, 0.6) is 0 Å². The van der Waals surface area contributed by atoms with E-state index in [1.165, 1.54) is 6.07 Å². The number of ether oxygens (including phenoxy) is 3. The third-order valence-electron chi connectivity index (χ3n) is 4.22.